The highest BCUT2D eigenvalue weighted by Crippen LogP contribution is 2.23. The lowest BCUT2D eigenvalue weighted by atomic mass is 10.2. The Morgan fingerprint density at radius 2 is 2.19 bits per heavy atom. The number of nitrogens with one attached hydrogen (secondary N) is 1. The molecule has 0 aliphatic rings. The second-order valence-electron chi connectivity index (χ2n) is 3.32. The fourth-order valence-electron chi connectivity index (χ4n) is 1.17. The van der Waals surface area contributed by atoms with Gasteiger partial charge in [-0.05, 0) is 31.0 Å². The number of benzene rings is 1. The third-order valence-electron chi connectivity index (χ3n) is 2.06. The van der Waals surface area contributed by atoms with Gasteiger partial charge in [-0.25, -0.2) is 0 Å². The van der Waals surface area contributed by atoms with Gasteiger partial charge in [-0.15, -0.1) is 0 Å². The van der Waals surface area contributed by atoms with Gasteiger partial charge in [-0.1, -0.05) is 27.5 Å². The highest BCUT2D eigenvalue weighted by molar-refractivity contribution is 9.09. The smallest absolute Gasteiger partial charge is 0.251 e. The van der Waals surface area contributed by atoms with Crippen LogP contribution in [0.1, 0.15) is 23.2 Å². The number of rotatable bonds is 5. The number of aromatic hydroxyl groups is 1. The summed E-state index contributed by atoms with van der Waals surface area (Å²) in [6, 6.07) is 4.41. The highest BCUT2D eigenvalue weighted by atomic mass is 79.9. The van der Waals surface area contributed by atoms with Crippen LogP contribution in [-0.4, -0.2) is 22.9 Å². The minimum atomic E-state index is -0.170. The van der Waals surface area contributed by atoms with Gasteiger partial charge in [0.05, 0.1) is 5.02 Å². The Morgan fingerprint density at radius 3 is 2.81 bits per heavy atom. The summed E-state index contributed by atoms with van der Waals surface area (Å²) in [5, 5.41) is 13.1. The van der Waals surface area contributed by atoms with Crippen LogP contribution in [-0.2, 0) is 0 Å². The minimum Gasteiger partial charge on any atom is -0.506 e. The van der Waals surface area contributed by atoms with Crippen molar-refractivity contribution < 1.29 is 9.90 Å². The number of hydrogen-bond donors (Lipinski definition) is 2. The summed E-state index contributed by atoms with van der Waals surface area (Å²) in [7, 11) is 0. The number of hydrogen-bond acceptors (Lipinski definition) is 2. The van der Waals surface area contributed by atoms with Crippen molar-refractivity contribution in [2.75, 3.05) is 11.9 Å². The standard InChI is InChI=1S/C11H13BrClNO2/c12-5-1-2-6-14-11(16)8-3-4-10(15)9(13)7-8/h3-4,7,15H,1-2,5-6H2,(H,14,16). The average molecular weight is 307 g/mol. The molecule has 1 aromatic carbocycles. The molecule has 0 fully saturated rings. The molecule has 88 valence electrons. The number of phenolic OH excluding ortho intramolecular Hbond substituents is 1. The molecule has 0 radical (unpaired) electrons. The lowest BCUT2D eigenvalue weighted by Crippen LogP contribution is -2.24. The van der Waals surface area contributed by atoms with Gasteiger partial charge in [-0.3, -0.25) is 4.79 Å². The van der Waals surface area contributed by atoms with Crippen molar-refractivity contribution in [1.29, 1.82) is 0 Å². The van der Waals surface area contributed by atoms with Crippen LogP contribution < -0.4 is 5.32 Å². The van der Waals surface area contributed by atoms with Gasteiger partial charge >= 0.3 is 0 Å². The maximum Gasteiger partial charge on any atom is 0.251 e. The van der Waals surface area contributed by atoms with E-state index in [0.29, 0.717) is 12.1 Å². The molecule has 0 unspecified atom stereocenters. The van der Waals surface area contributed by atoms with E-state index in [1.807, 2.05) is 0 Å². The molecule has 0 atom stereocenters. The molecule has 0 aliphatic carbocycles. The molecule has 1 aromatic rings. The number of alkyl halides is 1. The molecule has 0 bridgehead atoms. The molecule has 0 aromatic heterocycles. The van der Waals surface area contributed by atoms with Crippen molar-refractivity contribution in [3.8, 4) is 5.75 Å². The molecule has 16 heavy (non-hydrogen) atoms. The van der Waals surface area contributed by atoms with Gasteiger partial charge in [0.25, 0.3) is 5.91 Å². The Bertz CT molecular complexity index is 371. The molecule has 1 amide bonds. The van der Waals surface area contributed by atoms with Crippen LogP contribution in [0, 0.1) is 0 Å². The summed E-state index contributed by atoms with van der Waals surface area (Å²) in [4.78, 5) is 11.6. The molecule has 1 rings (SSSR count). The van der Waals surface area contributed by atoms with E-state index in [4.69, 9.17) is 11.6 Å². The maximum absolute atomic E-state index is 11.6. The molecular formula is C11H13BrClNO2. The first-order chi connectivity index (χ1) is 7.65. The zero-order chi connectivity index (χ0) is 12.0. The Hall–Kier alpha value is -0.740. The summed E-state index contributed by atoms with van der Waals surface area (Å²) in [5.74, 6) is -0.186. The topological polar surface area (TPSA) is 49.3 Å². The van der Waals surface area contributed by atoms with Gasteiger partial charge in [0, 0.05) is 17.4 Å². The van der Waals surface area contributed by atoms with Crippen LogP contribution in [0.3, 0.4) is 0 Å². The van der Waals surface area contributed by atoms with E-state index in [1.54, 1.807) is 6.07 Å². The Balaban J connectivity index is 2.50. The monoisotopic (exact) mass is 305 g/mol. The Labute approximate surface area is 108 Å². The van der Waals surface area contributed by atoms with E-state index in [1.165, 1.54) is 12.1 Å². The van der Waals surface area contributed by atoms with Crippen LogP contribution in [0.4, 0.5) is 0 Å². The lowest BCUT2D eigenvalue weighted by Gasteiger charge is -2.05. The summed E-state index contributed by atoms with van der Waals surface area (Å²) in [6.07, 6.45) is 1.96. The van der Waals surface area contributed by atoms with Gasteiger partial charge < -0.3 is 10.4 Å². The zero-order valence-corrected chi connectivity index (χ0v) is 11.0. The van der Waals surface area contributed by atoms with Crippen molar-refractivity contribution in [1.82, 2.24) is 5.32 Å². The van der Waals surface area contributed by atoms with E-state index in [9.17, 15) is 9.90 Å². The molecule has 2 N–H and O–H groups in total. The van der Waals surface area contributed by atoms with Crippen molar-refractivity contribution in [3.05, 3.63) is 28.8 Å². The second-order valence-corrected chi connectivity index (χ2v) is 4.52. The van der Waals surface area contributed by atoms with E-state index < -0.39 is 0 Å². The first-order valence-electron chi connectivity index (χ1n) is 4.98. The fraction of sp³-hybridized carbons (Fsp3) is 0.364. The van der Waals surface area contributed by atoms with E-state index in [-0.39, 0.29) is 16.7 Å². The molecule has 0 spiro atoms. The SMILES string of the molecule is O=C(NCCCCBr)c1ccc(O)c(Cl)c1. The summed E-state index contributed by atoms with van der Waals surface area (Å²) in [6.45, 7) is 0.642. The van der Waals surface area contributed by atoms with Crippen LogP contribution in [0.25, 0.3) is 0 Å². The van der Waals surface area contributed by atoms with E-state index in [2.05, 4.69) is 21.2 Å². The number of carbonyl (C=O) groups is 1. The van der Waals surface area contributed by atoms with Crippen molar-refractivity contribution >= 4 is 33.4 Å². The largest absolute Gasteiger partial charge is 0.506 e. The first-order valence-corrected chi connectivity index (χ1v) is 6.47. The first kappa shape index (κ1) is 13.3. The number of unbranched alkanes of at least 4 members (excludes halogenated alkanes) is 1. The molecule has 0 aliphatic heterocycles. The van der Waals surface area contributed by atoms with Gasteiger partial charge in [0.15, 0.2) is 0 Å². The van der Waals surface area contributed by atoms with Crippen molar-refractivity contribution in [3.63, 3.8) is 0 Å². The molecule has 0 saturated carbocycles. The van der Waals surface area contributed by atoms with E-state index in [0.717, 1.165) is 18.2 Å². The number of carbonyl (C=O) groups excluding carboxylic acids is 1. The molecule has 0 heterocycles. The second kappa shape index (κ2) is 6.76. The molecule has 3 nitrogen and oxygen atoms in total. The van der Waals surface area contributed by atoms with E-state index >= 15 is 0 Å². The molecule has 5 heteroatoms. The molecular weight excluding hydrogens is 293 g/mol. The Kier molecular flexibility index (Phi) is 5.63. The maximum atomic E-state index is 11.6. The number of amides is 1. The summed E-state index contributed by atoms with van der Waals surface area (Å²) < 4.78 is 0. The van der Waals surface area contributed by atoms with Crippen LogP contribution in [0.5, 0.6) is 5.75 Å². The van der Waals surface area contributed by atoms with Gasteiger partial charge in [-0.2, -0.15) is 0 Å². The quantitative estimate of drug-likeness (QED) is 0.649. The minimum absolute atomic E-state index is 0.0162. The fourth-order valence-corrected chi connectivity index (χ4v) is 1.75. The zero-order valence-electron chi connectivity index (χ0n) is 8.67. The van der Waals surface area contributed by atoms with Crippen molar-refractivity contribution in [2.24, 2.45) is 0 Å². The van der Waals surface area contributed by atoms with Crippen LogP contribution >= 0.6 is 27.5 Å². The third-order valence-corrected chi connectivity index (χ3v) is 2.92. The average Bonchev–Trinajstić information content (AvgIpc) is 2.28. The predicted octanol–water partition coefficient (Wildman–Crippen LogP) is 2.95. The third kappa shape index (κ3) is 4.02. The summed E-state index contributed by atoms with van der Waals surface area (Å²) in [5.41, 5.74) is 0.460. The Morgan fingerprint density at radius 1 is 1.44 bits per heavy atom. The van der Waals surface area contributed by atoms with Gasteiger partial charge in [0.1, 0.15) is 5.75 Å². The van der Waals surface area contributed by atoms with Crippen molar-refractivity contribution in [2.45, 2.75) is 12.8 Å². The predicted molar refractivity (Wildman–Crippen MR) is 68.5 cm³/mol. The van der Waals surface area contributed by atoms with Crippen LogP contribution in [0.15, 0.2) is 18.2 Å². The van der Waals surface area contributed by atoms with Crippen LogP contribution in [0.2, 0.25) is 5.02 Å². The number of phenols is 1. The normalized spacial score (nSPS) is 10.1. The lowest BCUT2D eigenvalue weighted by molar-refractivity contribution is 0.0953. The highest BCUT2D eigenvalue weighted by Gasteiger charge is 2.07. The number of halogens is 2. The summed E-state index contributed by atoms with van der Waals surface area (Å²) >= 11 is 9.03. The molecule has 0 saturated heterocycles. The van der Waals surface area contributed by atoms with Gasteiger partial charge in [0.2, 0.25) is 0 Å².